The van der Waals surface area contributed by atoms with Gasteiger partial charge in [0.2, 0.25) is 5.95 Å². The number of piperidine rings is 1. The summed E-state index contributed by atoms with van der Waals surface area (Å²) in [6.45, 7) is 2.59. The molecule has 1 aliphatic rings. The van der Waals surface area contributed by atoms with Crippen LogP contribution in [0.3, 0.4) is 0 Å². The molecule has 9 nitrogen and oxygen atoms in total. The molecule has 0 aliphatic carbocycles. The Morgan fingerprint density at radius 1 is 1.41 bits per heavy atom. The number of rotatable bonds is 8. The summed E-state index contributed by atoms with van der Waals surface area (Å²) in [5, 5.41) is 12.4. The number of nitriles is 1. The Bertz CT molecular complexity index is 1280. The molecule has 0 radical (unpaired) electrons. The molecule has 3 N–H and O–H groups in total. The van der Waals surface area contributed by atoms with Crippen LogP contribution in [0.15, 0.2) is 35.1 Å². The third-order valence-electron chi connectivity index (χ3n) is 5.86. The van der Waals surface area contributed by atoms with Crippen molar-refractivity contribution in [3.05, 3.63) is 56.7 Å². The molecule has 1 aromatic carbocycles. The number of carbonyl (C=O) groups excluding carboxylic acids is 1. The number of amides is 1. The molecule has 178 valence electrons. The summed E-state index contributed by atoms with van der Waals surface area (Å²) in [6.07, 6.45) is 2.53. The van der Waals surface area contributed by atoms with Gasteiger partial charge in [-0.3, -0.25) is 14.2 Å². The van der Waals surface area contributed by atoms with Crippen LogP contribution in [-0.2, 0) is 11.3 Å². The summed E-state index contributed by atoms with van der Waals surface area (Å²) in [5.41, 5.74) is 7.73. The predicted octanol–water partition coefficient (Wildman–Crippen LogP) is 2.07. The Morgan fingerprint density at radius 2 is 2.24 bits per heavy atom. The van der Waals surface area contributed by atoms with Crippen LogP contribution in [0.4, 0.5) is 5.95 Å². The third-order valence-corrected chi connectivity index (χ3v) is 6.97. The Kier molecular flexibility index (Phi) is 7.57. The third kappa shape index (κ3) is 5.12. The first-order valence-corrected chi connectivity index (χ1v) is 12.1. The monoisotopic (exact) mass is 480 g/mol. The van der Waals surface area contributed by atoms with Crippen LogP contribution < -0.4 is 21.5 Å². The predicted molar refractivity (Wildman–Crippen MR) is 132 cm³/mol. The van der Waals surface area contributed by atoms with Crippen LogP contribution in [0, 0.1) is 11.3 Å². The average Bonchev–Trinajstić information content (AvgIpc) is 3.28. The number of fused-ring (bicyclic) bond motifs is 1. The molecule has 3 heterocycles. The molecule has 1 unspecified atom stereocenters. The van der Waals surface area contributed by atoms with E-state index in [2.05, 4.69) is 11.4 Å². The maximum atomic E-state index is 13.7. The Balaban J connectivity index is 1.75. The SMILES string of the molecule is COCCCNC(=O)c1cc2nc(N3CCCC(N)C3)n(Cc3ccccc3C#N)c(=O)c2s1. The highest BCUT2D eigenvalue weighted by molar-refractivity contribution is 7.20. The largest absolute Gasteiger partial charge is 0.385 e. The highest BCUT2D eigenvalue weighted by Gasteiger charge is 2.24. The van der Waals surface area contributed by atoms with Crippen molar-refractivity contribution in [2.24, 2.45) is 5.73 Å². The quantitative estimate of drug-likeness (QED) is 0.473. The van der Waals surface area contributed by atoms with E-state index in [-0.39, 0.29) is 24.1 Å². The smallest absolute Gasteiger partial charge is 0.273 e. The minimum Gasteiger partial charge on any atom is -0.385 e. The average molecular weight is 481 g/mol. The second kappa shape index (κ2) is 10.8. The molecule has 0 spiro atoms. The number of nitrogens with one attached hydrogen (secondary N) is 1. The van der Waals surface area contributed by atoms with E-state index >= 15 is 0 Å². The number of ether oxygens (including phenoxy) is 1. The number of methoxy groups -OCH3 is 1. The van der Waals surface area contributed by atoms with E-state index in [1.54, 1.807) is 29.9 Å². The molecular weight excluding hydrogens is 452 g/mol. The van der Waals surface area contributed by atoms with Gasteiger partial charge in [-0.15, -0.1) is 11.3 Å². The van der Waals surface area contributed by atoms with Crippen LogP contribution in [-0.4, -0.2) is 54.9 Å². The van der Waals surface area contributed by atoms with E-state index in [0.717, 1.165) is 36.3 Å². The Hall–Kier alpha value is -3.26. The Labute approximate surface area is 201 Å². The summed E-state index contributed by atoms with van der Waals surface area (Å²) in [6, 6.07) is 11.1. The maximum Gasteiger partial charge on any atom is 0.273 e. The van der Waals surface area contributed by atoms with Gasteiger partial charge in [-0.2, -0.15) is 5.26 Å². The van der Waals surface area contributed by atoms with Gasteiger partial charge in [-0.05, 0) is 37.0 Å². The van der Waals surface area contributed by atoms with Crippen molar-refractivity contribution >= 4 is 33.4 Å². The molecule has 10 heteroatoms. The van der Waals surface area contributed by atoms with E-state index < -0.39 is 0 Å². The lowest BCUT2D eigenvalue weighted by Gasteiger charge is -2.33. The molecule has 1 aliphatic heterocycles. The van der Waals surface area contributed by atoms with Crippen LogP contribution in [0.5, 0.6) is 0 Å². The van der Waals surface area contributed by atoms with Crippen molar-refractivity contribution in [2.45, 2.75) is 31.8 Å². The molecule has 1 saturated heterocycles. The van der Waals surface area contributed by atoms with Crippen molar-refractivity contribution < 1.29 is 9.53 Å². The molecule has 3 aromatic rings. The molecule has 1 fully saturated rings. The number of carbonyl (C=O) groups is 1. The summed E-state index contributed by atoms with van der Waals surface area (Å²) < 4.78 is 7.04. The van der Waals surface area contributed by atoms with Crippen molar-refractivity contribution in [2.75, 3.05) is 38.3 Å². The standard InChI is InChI=1S/C24H28N6O3S/c1-33-11-5-9-27-22(31)20-12-19-21(34-20)23(32)30(14-17-7-3-2-6-16(17)13-25)24(28-19)29-10-4-8-18(26)15-29/h2-3,6-7,12,18H,4-5,8-11,14-15,26H2,1H3,(H,27,31). The molecule has 1 atom stereocenters. The minimum absolute atomic E-state index is 0.00268. The first-order chi connectivity index (χ1) is 16.5. The first-order valence-electron chi connectivity index (χ1n) is 11.3. The summed E-state index contributed by atoms with van der Waals surface area (Å²) >= 11 is 1.14. The summed E-state index contributed by atoms with van der Waals surface area (Å²) in [7, 11) is 1.62. The molecule has 0 bridgehead atoms. The second-order valence-electron chi connectivity index (χ2n) is 8.35. The van der Waals surface area contributed by atoms with Gasteiger partial charge in [0.15, 0.2) is 0 Å². The fourth-order valence-corrected chi connectivity index (χ4v) is 5.09. The van der Waals surface area contributed by atoms with Crippen LogP contribution in [0.25, 0.3) is 10.2 Å². The lowest BCUT2D eigenvalue weighted by atomic mass is 10.1. The van der Waals surface area contributed by atoms with Crippen molar-refractivity contribution in [1.29, 1.82) is 5.26 Å². The fourth-order valence-electron chi connectivity index (χ4n) is 4.13. The maximum absolute atomic E-state index is 13.7. The normalized spacial score (nSPS) is 15.9. The van der Waals surface area contributed by atoms with E-state index in [1.807, 2.05) is 17.0 Å². The fraction of sp³-hybridized carbons (Fsp3) is 0.417. The van der Waals surface area contributed by atoms with E-state index in [1.165, 1.54) is 0 Å². The number of nitrogens with two attached hydrogens (primary N) is 1. The van der Waals surface area contributed by atoms with Gasteiger partial charge in [0, 0.05) is 39.4 Å². The number of hydrogen-bond donors (Lipinski definition) is 2. The highest BCUT2D eigenvalue weighted by atomic mass is 32.1. The lowest BCUT2D eigenvalue weighted by molar-refractivity contribution is 0.0952. The second-order valence-corrected chi connectivity index (χ2v) is 9.40. The van der Waals surface area contributed by atoms with E-state index in [4.69, 9.17) is 15.5 Å². The van der Waals surface area contributed by atoms with Crippen molar-refractivity contribution in [1.82, 2.24) is 14.9 Å². The van der Waals surface area contributed by atoms with Gasteiger partial charge in [0.25, 0.3) is 11.5 Å². The zero-order valence-corrected chi connectivity index (χ0v) is 19.9. The lowest BCUT2D eigenvalue weighted by Crippen LogP contribution is -2.45. The molecule has 1 amide bonds. The van der Waals surface area contributed by atoms with E-state index in [9.17, 15) is 14.9 Å². The minimum atomic E-state index is -0.235. The molecule has 4 rings (SSSR count). The number of hydrogen-bond acceptors (Lipinski definition) is 8. The molecular formula is C24H28N6O3S. The van der Waals surface area contributed by atoms with Gasteiger partial charge in [-0.1, -0.05) is 18.2 Å². The zero-order chi connectivity index (χ0) is 24.1. The van der Waals surface area contributed by atoms with Gasteiger partial charge in [-0.25, -0.2) is 4.98 Å². The van der Waals surface area contributed by atoms with Crippen molar-refractivity contribution in [3.8, 4) is 6.07 Å². The van der Waals surface area contributed by atoms with Crippen LogP contribution in [0.1, 0.15) is 40.1 Å². The number of aromatic nitrogens is 2. The van der Waals surface area contributed by atoms with Gasteiger partial charge < -0.3 is 20.7 Å². The first kappa shape index (κ1) is 23.9. The summed E-state index contributed by atoms with van der Waals surface area (Å²) in [5.74, 6) is 0.284. The van der Waals surface area contributed by atoms with E-state index in [0.29, 0.717) is 52.7 Å². The molecule has 34 heavy (non-hydrogen) atoms. The Morgan fingerprint density at radius 3 is 3.00 bits per heavy atom. The van der Waals surface area contributed by atoms with Crippen LogP contribution >= 0.6 is 11.3 Å². The highest BCUT2D eigenvalue weighted by Crippen LogP contribution is 2.26. The van der Waals surface area contributed by atoms with Crippen molar-refractivity contribution in [3.63, 3.8) is 0 Å². The zero-order valence-electron chi connectivity index (χ0n) is 19.1. The molecule has 0 saturated carbocycles. The van der Waals surface area contributed by atoms with Gasteiger partial charge in [0.1, 0.15) is 4.70 Å². The number of benzene rings is 1. The van der Waals surface area contributed by atoms with Gasteiger partial charge in [0.05, 0.1) is 28.6 Å². The van der Waals surface area contributed by atoms with Gasteiger partial charge >= 0.3 is 0 Å². The topological polar surface area (TPSA) is 126 Å². The van der Waals surface area contributed by atoms with Crippen LogP contribution in [0.2, 0.25) is 0 Å². The summed E-state index contributed by atoms with van der Waals surface area (Å²) in [4.78, 5) is 33.6. The number of thiophene rings is 1. The molecule has 2 aromatic heterocycles. The number of nitrogens with zero attached hydrogens (tertiary/aromatic N) is 4. The number of anilines is 1.